The average molecular weight is 378 g/mol. The molecule has 3 rings (SSSR count). The molecular formula is C20H11F5O2. The van der Waals surface area contributed by atoms with E-state index in [9.17, 15) is 31.9 Å². The van der Waals surface area contributed by atoms with Crippen LogP contribution in [0, 0.1) is 29.1 Å². The molecule has 0 bridgehead atoms. The molecule has 27 heavy (non-hydrogen) atoms. The van der Waals surface area contributed by atoms with Crippen molar-refractivity contribution in [3.05, 3.63) is 88.7 Å². The Bertz CT molecular complexity index is 1050. The summed E-state index contributed by atoms with van der Waals surface area (Å²) in [5.74, 6) is -7.80. The maximum atomic E-state index is 14.8. The lowest BCUT2D eigenvalue weighted by atomic mass is 9.96. The van der Waals surface area contributed by atoms with Gasteiger partial charge in [0.25, 0.3) is 0 Å². The number of ketones is 1. The molecule has 0 aromatic heterocycles. The summed E-state index contributed by atoms with van der Waals surface area (Å²) in [5.41, 5.74) is -1.98. The maximum absolute atomic E-state index is 14.8. The van der Waals surface area contributed by atoms with Crippen LogP contribution in [-0.4, -0.2) is 10.9 Å². The molecule has 3 aromatic carbocycles. The number of halogens is 5. The smallest absolute Gasteiger partial charge is 0.173 e. The lowest BCUT2D eigenvalue weighted by molar-refractivity contribution is 0.0982. The van der Waals surface area contributed by atoms with Crippen LogP contribution in [0.5, 0.6) is 5.75 Å². The Morgan fingerprint density at radius 1 is 0.852 bits per heavy atom. The average Bonchev–Trinajstić information content (AvgIpc) is 2.62. The first-order valence-corrected chi connectivity index (χ1v) is 7.72. The maximum Gasteiger partial charge on any atom is 0.173 e. The molecule has 7 heteroatoms. The summed E-state index contributed by atoms with van der Waals surface area (Å²) in [5, 5.41) is 9.30. The molecule has 0 heterocycles. The van der Waals surface area contributed by atoms with E-state index < -0.39 is 58.2 Å². The van der Waals surface area contributed by atoms with Gasteiger partial charge in [-0.2, -0.15) is 0 Å². The van der Waals surface area contributed by atoms with Crippen LogP contribution in [-0.2, 0) is 6.42 Å². The normalized spacial score (nSPS) is 10.9. The number of phenols is 1. The van der Waals surface area contributed by atoms with Crippen molar-refractivity contribution in [3.63, 3.8) is 0 Å². The van der Waals surface area contributed by atoms with Crippen LogP contribution in [0.2, 0.25) is 0 Å². The number of aromatic hydroxyl groups is 1. The van der Waals surface area contributed by atoms with Crippen molar-refractivity contribution in [2.75, 3.05) is 0 Å². The summed E-state index contributed by atoms with van der Waals surface area (Å²) in [7, 11) is 0. The standard InChI is InChI=1S/C20H11F5O2/c21-11-3-1-2-10(8-11)12-4-5-15(23)18(20(12)25)17(27)9-13-14(22)6-7-16(26)19(13)24/h1-8,26H,9H2. The highest BCUT2D eigenvalue weighted by Gasteiger charge is 2.24. The first-order chi connectivity index (χ1) is 12.8. The number of Topliss-reactive ketones (excluding diaryl/α,β-unsaturated/α-hetero) is 1. The lowest BCUT2D eigenvalue weighted by Gasteiger charge is -2.11. The van der Waals surface area contributed by atoms with Crippen molar-refractivity contribution >= 4 is 5.78 Å². The minimum Gasteiger partial charge on any atom is -0.505 e. The summed E-state index contributed by atoms with van der Waals surface area (Å²) in [4.78, 5) is 12.4. The van der Waals surface area contributed by atoms with Crippen LogP contribution in [0.15, 0.2) is 48.5 Å². The van der Waals surface area contributed by atoms with E-state index in [1.54, 1.807) is 0 Å². The Morgan fingerprint density at radius 3 is 2.26 bits per heavy atom. The predicted molar refractivity (Wildman–Crippen MR) is 87.8 cm³/mol. The van der Waals surface area contributed by atoms with Gasteiger partial charge in [-0.15, -0.1) is 0 Å². The van der Waals surface area contributed by atoms with Crippen molar-refractivity contribution < 1.29 is 31.9 Å². The number of hydrogen-bond acceptors (Lipinski definition) is 2. The van der Waals surface area contributed by atoms with Gasteiger partial charge >= 0.3 is 0 Å². The van der Waals surface area contributed by atoms with Gasteiger partial charge in [-0.1, -0.05) is 12.1 Å². The van der Waals surface area contributed by atoms with Crippen molar-refractivity contribution in [2.24, 2.45) is 0 Å². The summed E-state index contributed by atoms with van der Waals surface area (Å²) >= 11 is 0. The summed E-state index contributed by atoms with van der Waals surface area (Å²) in [6.07, 6.45) is -1.01. The second kappa shape index (κ2) is 7.19. The third kappa shape index (κ3) is 3.53. The highest BCUT2D eigenvalue weighted by molar-refractivity contribution is 5.99. The Labute approximate surface area is 150 Å². The van der Waals surface area contributed by atoms with Crippen LogP contribution in [0.4, 0.5) is 22.0 Å². The van der Waals surface area contributed by atoms with Crippen LogP contribution in [0.3, 0.4) is 0 Å². The highest BCUT2D eigenvalue weighted by atomic mass is 19.1. The minimum absolute atomic E-state index is 0.0660. The van der Waals surface area contributed by atoms with Gasteiger partial charge in [0.1, 0.15) is 23.3 Å². The first-order valence-electron chi connectivity index (χ1n) is 7.72. The van der Waals surface area contributed by atoms with Crippen LogP contribution < -0.4 is 0 Å². The molecule has 0 aliphatic rings. The molecule has 0 unspecified atom stereocenters. The summed E-state index contributed by atoms with van der Waals surface area (Å²) < 4.78 is 69.8. The Hall–Kier alpha value is -3.22. The van der Waals surface area contributed by atoms with Crippen molar-refractivity contribution in [1.82, 2.24) is 0 Å². The number of benzene rings is 3. The second-order valence-corrected chi connectivity index (χ2v) is 5.75. The SMILES string of the molecule is O=C(Cc1c(F)ccc(O)c1F)c1c(F)ccc(-c2cccc(F)c2)c1F. The monoisotopic (exact) mass is 378 g/mol. The Morgan fingerprint density at radius 2 is 1.56 bits per heavy atom. The van der Waals surface area contributed by atoms with Gasteiger partial charge < -0.3 is 5.11 Å². The third-order valence-corrected chi connectivity index (χ3v) is 4.01. The minimum atomic E-state index is -1.38. The zero-order valence-electron chi connectivity index (χ0n) is 13.6. The molecule has 0 saturated heterocycles. The van der Waals surface area contributed by atoms with Crippen molar-refractivity contribution in [3.8, 4) is 16.9 Å². The van der Waals surface area contributed by atoms with E-state index in [1.807, 2.05) is 0 Å². The molecule has 0 radical (unpaired) electrons. The van der Waals surface area contributed by atoms with E-state index in [0.717, 1.165) is 36.4 Å². The zero-order chi connectivity index (χ0) is 19.7. The number of hydrogen-bond donors (Lipinski definition) is 1. The van der Waals surface area contributed by atoms with Crippen LogP contribution in [0.25, 0.3) is 11.1 Å². The van der Waals surface area contributed by atoms with E-state index in [4.69, 9.17) is 0 Å². The molecule has 3 aromatic rings. The fraction of sp³-hybridized carbons (Fsp3) is 0.0500. The fourth-order valence-electron chi connectivity index (χ4n) is 2.68. The van der Waals surface area contributed by atoms with E-state index in [2.05, 4.69) is 0 Å². The molecule has 0 atom stereocenters. The van der Waals surface area contributed by atoms with E-state index in [1.165, 1.54) is 12.1 Å². The molecule has 2 nitrogen and oxygen atoms in total. The van der Waals surface area contributed by atoms with Gasteiger partial charge in [0.05, 0.1) is 5.56 Å². The van der Waals surface area contributed by atoms with Crippen molar-refractivity contribution in [1.29, 1.82) is 0 Å². The van der Waals surface area contributed by atoms with Crippen LogP contribution >= 0.6 is 0 Å². The largest absolute Gasteiger partial charge is 0.505 e. The first kappa shape index (κ1) is 18.6. The molecule has 0 saturated carbocycles. The van der Waals surface area contributed by atoms with Gasteiger partial charge in [-0.25, -0.2) is 22.0 Å². The molecule has 138 valence electrons. The molecule has 1 N–H and O–H groups in total. The van der Waals surface area contributed by atoms with Gasteiger partial charge in [0.15, 0.2) is 17.3 Å². The molecule has 0 amide bonds. The van der Waals surface area contributed by atoms with Gasteiger partial charge in [-0.05, 0) is 42.0 Å². The van der Waals surface area contributed by atoms with E-state index in [-0.39, 0.29) is 11.1 Å². The molecule has 0 fully saturated rings. The van der Waals surface area contributed by atoms with E-state index in [0.29, 0.717) is 0 Å². The van der Waals surface area contributed by atoms with Crippen LogP contribution in [0.1, 0.15) is 15.9 Å². The molecule has 0 aliphatic heterocycles. The number of rotatable bonds is 4. The summed E-state index contributed by atoms with van der Waals surface area (Å²) in [6.45, 7) is 0. The quantitative estimate of drug-likeness (QED) is 0.502. The van der Waals surface area contributed by atoms with Gasteiger partial charge in [-0.3, -0.25) is 4.79 Å². The van der Waals surface area contributed by atoms with Gasteiger partial charge in [0.2, 0.25) is 0 Å². The molecular weight excluding hydrogens is 367 g/mol. The third-order valence-electron chi connectivity index (χ3n) is 4.01. The number of phenolic OH excluding ortho intramolecular Hbond substituents is 1. The highest BCUT2D eigenvalue weighted by Crippen LogP contribution is 2.29. The zero-order valence-corrected chi connectivity index (χ0v) is 13.6. The van der Waals surface area contributed by atoms with Gasteiger partial charge in [0, 0.05) is 17.5 Å². The van der Waals surface area contributed by atoms with E-state index >= 15 is 0 Å². The van der Waals surface area contributed by atoms with Crippen molar-refractivity contribution in [2.45, 2.75) is 6.42 Å². The topological polar surface area (TPSA) is 37.3 Å². The number of carbonyl (C=O) groups excluding carboxylic acids is 1. The molecule has 0 spiro atoms. The lowest BCUT2D eigenvalue weighted by Crippen LogP contribution is -2.12. The second-order valence-electron chi connectivity index (χ2n) is 5.75. The Balaban J connectivity index is 2.06. The fourth-order valence-corrected chi connectivity index (χ4v) is 2.68. The summed E-state index contributed by atoms with van der Waals surface area (Å²) in [6, 6.07) is 8.14. The Kier molecular flexibility index (Phi) is 4.94. The molecule has 0 aliphatic carbocycles. The predicted octanol–water partition coefficient (Wildman–Crippen LogP) is 5.18. The number of carbonyl (C=O) groups is 1.